The minimum Gasteiger partial charge on any atom is -0.342 e. The van der Waals surface area contributed by atoms with Crippen LogP contribution < -0.4 is 5.73 Å². The van der Waals surface area contributed by atoms with E-state index < -0.39 is 0 Å². The first-order valence-corrected chi connectivity index (χ1v) is 7.63. The summed E-state index contributed by atoms with van der Waals surface area (Å²) in [4.78, 5) is 14.3. The Labute approximate surface area is 122 Å². The molecule has 1 fully saturated rings. The van der Waals surface area contributed by atoms with Crippen LogP contribution in [-0.4, -0.2) is 23.9 Å². The smallest absolute Gasteiger partial charge is 0.226 e. The average Bonchev–Trinajstić information content (AvgIpc) is 2.47. The highest BCUT2D eigenvalue weighted by Crippen LogP contribution is 2.27. The third-order valence-electron chi connectivity index (χ3n) is 4.46. The van der Waals surface area contributed by atoms with Crippen LogP contribution in [0.4, 0.5) is 0 Å². The second-order valence-electron chi connectivity index (χ2n) is 6.13. The van der Waals surface area contributed by atoms with Crippen LogP contribution in [0, 0.1) is 5.92 Å². The minimum atomic E-state index is 0.226. The number of nitrogens with two attached hydrogens (primary N) is 1. The Hall–Kier alpha value is -1.35. The molecule has 1 aliphatic carbocycles. The lowest BCUT2D eigenvalue weighted by Gasteiger charge is -2.34. The highest BCUT2D eigenvalue weighted by Gasteiger charge is 2.25. The van der Waals surface area contributed by atoms with Crippen LogP contribution in [-0.2, 0) is 17.8 Å². The number of carbonyl (C=O) groups is 1. The van der Waals surface area contributed by atoms with Crippen LogP contribution in [0.2, 0.25) is 0 Å². The molecule has 1 aromatic rings. The molecule has 2 rings (SSSR count). The Bertz CT molecular complexity index is 441. The van der Waals surface area contributed by atoms with E-state index in [1.165, 1.54) is 12.8 Å². The maximum absolute atomic E-state index is 12.4. The molecule has 0 saturated heterocycles. The first kappa shape index (κ1) is 15.0. The molecule has 110 valence electrons. The number of hydrogen-bond acceptors (Lipinski definition) is 2. The van der Waals surface area contributed by atoms with Crippen LogP contribution >= 0.6 is 0 Å². The Balaban J connectivity index is 1.92. The highest BCUT2D eigenvalue weighted by atomic mass is 16.2. The molecule has 20 heavy (non-hydrogen) atoms. The molecule has 1 saturated carbocycles. The summed E-state index contributed by atoms with van der Waals surface area (Å²) in [6.45, 7) is 2.84. The lowest BCUT2D eigenvalue weighted by Crippen LogP contribution is -2.40. The monoisotopic (exact) mass is 274 g/mol. The molecule has 0 heterocycles. The molecule has 0 bridgehead atoms. The van der Waals surface area contributed by atoms with Crippen LogP contribution in [0.5, 0.6) is 0 Å². The van der Waals surface area contributed by atoms with Gasteiger partial charge in [0.1, 0.15) is 0 Å². The number of amides is 1. The molecular weight excluding hydrogens is 248 g/mol. The van der Waals surface area contributed by atoms with Crippen molar-refractivity contribution in [3.8, 4) is 0 Å². The van der Waals surface area contributed by atoms with E-state index in [9.17, 15) is 4.79 Å². The fourth-order valence-electron chi connectivity index (χ4n) is 3.05. The van der Waals surface area contributed by atoms with Gasteiger partial charge < -0.3 is 10.6 Å². The largest absolute Gasteiger partial charge is 0.342 e. The molecular formula is C17H26N2O. The summed E-state index contributed by atoms with van der Waals surface area (Å²) in [6.07, 6.45) is 5.34. The Kier molecular flexibility index (Phi) is 5.18. The second-order valence-corrected chi connectivity index (χ2v) is 6.13. The summed E-state index contributed by atoms with van der Waals surface area (Å²) in [7, 11) is 1.96. The Morgan fingerprint density at radius 1 is 1.25 bits per heavy atom. The maximum Gasteiger partial charge on any atom is 0.226 e. The van der Waals surface area contributed by atoms with Crippen molar-refractivity contribution in [1.29, 1.82) is 0 Å². The number of likely N-dealkylation sites (N-methyl/N-ethyl adjacent to an activating group) is 1. The molecule has 0 aromatic heterocycles. The van der Waals surface area contributed by atoms with Gasteiger partial charge in [0.25, 0.3) is 0 Å². The average molecular weight is 274 g/mol. The third kappa shape index (κ3) is 3.83. The summed E-state index contributed by atoms with van der Waals surface area (Å²) in [5, 5.41) is 0. The molecule has 1 aliphatic rings. The van der Waals surface area contributed by atoms with Crippen molar-refractivity contribution in [2.24, 2.45) is 11.7 Å². The molecule has 1 amide bonds. The van der Waals surface area contributed by atoms with E-state index in [1.54, 1.807) is 0 Å². The van der Waals surface area contributed by atoms with Crippen LogP contribution in [0.3, 0.4) is 0 Å². The lowest BCUT2D eigenvalue weighted by molar-refractivity contribution is -0.132. The van der Waals surface area contributed by atoms with Gasteiger partial charge in [-0.1, -0.05) is 44.0 Å². The van der Waals surface area contributed by atoms with E-state index in [0.717, 1.165) is 29.9 Å². The molecule has 3 nitrogen and oxygen atoms in total. The van der Waals surface area contributed by atoms with E-state index in [0.29, 0.717) is 19.0 Å². The van der Waals surface area contributed by atoms with Gasteiger partial charge in [-0.3, -0.25) is 4.79 Å². The summed E-state index contributed by atoms with van der Waals surface area (Å²) < 4.78 is 0. The van der Waals surface area contributed by atoms with Crippen molar-refractivity contribution in [2.75, 3.05) is 7.05 Å². The van der Waals surface area contributed by atoms with E-state index >= 15 is 0 Å². The van der Waals surface area contributed by atoms with Crippen LogP contribution in [0.15, 0.2) is 24.3 Å². The zero-order valence-corrected chi connectivity index (χ0v) is 12.6. The molecule has 0 aliphatic heterocycles. The number of benzene rings is 1. The van der Waals surface area contributed by atoms with Gasteiger partial charge in [-0.05, 0) is 29.9 Å². The summed E-state index contributed by atoms with van der Waals surface area (Å²) in [5.74, 6) is 0.970. The highest BCUT2D eigenvalue weighted by molar-refractivity contribution is 5.78. The molecule has 3 heteroatoms. The topological polar surface area (TPSA) is 46.3 Å². The van der Waals surface area contributed by atoms with Gasteiger partial charge in [0, 0.05) is 19.6 Å². The van der Waals surface area contributed by atoms with Gasteiger partial charge in [0.2, 0.25) is 5.91 Å². The van der Waals surface area contributed by atoms with Gasteiger partial charge in [0.05, 0.1) is 6.42 Å². The van der Waals surface area contributed by atoms with Crippen molar-refractivity contribution >= 4 is 5.91 Å². The van der Waals surface area contributed by atoms with E-state index in [-0.39, 0.29) is 5.91 Å². The van der Waals surface area contributed by atoms with E-state index in [4.69, 9.17) is 5.73 Å². The van der Waals surface area contributed by atoms with E-state index in [2.05, 4.69) is 6.92 Å². The third-order valence-corrected chi connectivity index (χ3v) is 4.46. The van der Waals surface area contributed by atoms with E-state index in [1.807, 2.05) is 36.2 Å². The number of nitrogens with zero attached hydrogens (tertiary/aromatic N) is 1. The van der Waals surface area contributed by atoms with Crippen LogP contribution in [0.25, 0.3) is 0 Å². The fourth-order valence-corrected chi connectivity index (χ4v) is 3.05. The maximum atomic E-state index is 12.4. The summed E-state index contributed by atoms with van der Waals surface area (Å²) >= 11 is 0. The predicted octanol–water partition coefficient (Wildman–Crippen LogP) is 2.72. The standard InChI is InChI=1S/C17H26N2O/c1-13-4-3-5-16(10-13)19(2)17(20)11-14-6-8-15(12-18)9-7-14/h6-9,13,16H,3-5,10-12,18H2,1-2H3. The SMILES string of the molecule is CC1CCCC(N(C)C(=O)Cc2ccc(CN)cc2)C1. The lowest BCUT2D eigenvalue weighted by atomic mass is 9.86. The van der Waals surface area contributed by atoms with Gasteiger partial charge in [-0.15, -0.1) is 0 Å². The Morgan fingerprint density at radius 3 is 2.50 bits per heavy atom. The van der Waals surface area contributed by atoms with Crippen molar-refractivity contribution in [2.45, 2.75) is 51.6 Å². The van der Waals surface area contributed by atoms with Crippen molar-refractivity contribution in [1.82, 2.24) is 4.90 Å². The zero-order valence-electron chi connectivity index (χ0n) is 12.6. The molecule has 2 unspecified atom stereocenters. The quantitative estimate of drug-likeness (QED) is 0.917. The Morgan fingerprint density at radius 2 is 1.90 bits per heavy atom. The van der Waals surface area contributed by atoms with Gasteiger partial charge in [0.15, 0.2) is 0 Å². The van der Waals surface area contributed by atoms with Crippen LogP contribution in [0.1, 0.15) is 43.7 Å². The molecule has 0 radical (unpaired) electrons. The normalized spacial score (nSPS) is 22.6. The summed E-state index contributed by atoms with van der Waals surface area (Å²) in [5.41, 5.74) is 7.76. The van der Waals surface area contributed by atoms with Gasteiger partial charge in [-0.25, -0.2) is 0 Å². The number of rotatable bonds is 4. The molecule has 0 spiro atoms. The molecule has 1 aromatic carbocycles. The van der Waals surface area contributed by atoms with Gasteiger partial charge in [-0.2, -0.15) is 0 Å². The fraction of sp³-hybridized carbons (Fsp3) is 0.588. The minimum absolute atomic E-state index is 0.226. The zero-order chi connectivity index (χ0) is 14.5. The summed E-state index contributed by atoms with van der Waals surface area (Å²) in [6, 6.07) is 8.46. The first-order valence-electron chi connectivity index (χ1n) is 7.63. The first-order chi connectivity index (χ1) is 9.60. The van der Waals surface area contributed by atoms with Crippen molar-refractivity contribution in [3.05, 3.63) is 35.4 Å². The van der Waals surface area contributed by atoms with Crippen molar-refractivity contribution < 1.29 is 4.79 Å². The van der Waals surface area contributed by atoms with Crippen molar-refractivity contribution in [3.63, 3.8) is 0 Å². The number of carbonyl (C=O) groups excluding carboxylic acids is 1. The van der Waals surface area contributed by atoms with Gasteiger partial charge >= 0.3 is 0 Å². The molecule has 2 atom stereocenters. The molecule has 2 N–H and O–H groups in total. The number of hydrogen-bond donors (Lipinski definition) is 1. The second kappa shape index (κ2) is 6.89. The predicted molar refractivity (Wildman–Crippen MR) is 82.2 cm³/mol.